The predicted molar refractivity (Wildman–Crippen MR) is 70.6 cm³/mol. The Labute approximate surface area is 109 Å². The van der Waals surface area contributed by atoms with Crippen molar-refractivity contribution in [2.45, 2.75) is 19.8 Å². The van der Waals surface area contributed by atoms with Crippen LogP contribution in [-0.4, -0.2) is 10.9 Å². The van der Waals surface area contributed by atoms with Gasteiger partial charge in [-0.2, -0.15) is 0 Å². The average Bonchev–Trinajstić information content (AvgIpc) is 2.77. The summed E-state index contributed by atoms with van der Waals surface area (Å²) in [7, 11) is 0. The Morgan fingerprint density at radius 1 is 1.44 bits per heavy atom. The zero-order valence-corrected chi connectivity index (χ0v) is 10.9. The van der Waals surface area contributed by atoms with Gasteiger partial charge in [-0.25, -0.2) is 9.37 Å². The minimum Gasteiger partial charge on any atom is -0.298 e. The first-order valence-electron chi connectivity index (χ1n) is 5.58. The van der Waals surface area contributed by atoms with Gasteiger partial charge in [0.2, 0.25) is 0 Å². The molecular weight excluding hydrogens is 251 g/mol. The number of hydrogen-bond donors (Lipinski definition) is 1. The highest BCUT2D eigenvalue weighted by atomic mass is 32.1. The van der Waals surface area contributed by atoms with Crippen LogP contribution in [-0.2, 0) is 0 Å². The summed E-state index contributed by atoms with van der Waals surface area (Å²) in [4.78, 5) is 16.1. The van der Waals surface area contributed by atoms with E-state index in [-0.39, 0.29) is 11.5 Å². The van der Waals surface area contributed by atoms with Gasteiger partial charge in [-0.15, -0.1) is 11.3 Å². The van der Waals surface area contributed by atoms with Gasteiger partial charge in [0.25, 0.3) is 5.91 Å². The molecule has 18 heavy (non-hydrogen) atoms. The third kappa shape index (κ3) is 2.92. The Bertz CT molecular complexity index is 566. The summed E-state index contributed by atoms with van der Waals surface area (Å²) in [6, 6.07) is 5.57. The molecule has 0 radical (unpaired) electrons. The van der Waals surface area contributed by atoms with E-state index in [1.54, 1.807) is 6.07 Å². The number of carbonyl (C=O) groups is 1. The Hall–Kier alpha value is -1.75. The molecule has 0 fully saturated rings. The highest BCUT2D eigenvalue weighted by Crippen LogP contribution is 2.21. The van der Waals surface area contributed by atoms with Crippen molar-refractivity contribution in [1.29, 1.82) is 0 Å². The van der Waals surface area contributed by atoms with Crippen LogP contribution in [0.4, 0.5) is 9.52 Å². The Morgan fingerprint density at radius 3 is 2.83 bits per heavy atom. The van der Waals surface area contributed by atoms with Crippen LogP contribution >= 0.6 is 11.3 Å². The van der Waals surface area contributed by atoms with Crippen molar-refractivity contribution in [3.63, 3.8) is 0 Å². The standard InChI is InChI=1S/C13H13FN2OS/c1-8(2)11-7-18-13(15-11)16-12(17)9-4-3-5-10(14)6-9/h3-8H,1-2H3,(H,15,16,17). The van der Waals surface area contributed by atoms with Crippen molar-refractivity contribution in [1.82, 2.24) is 4.98 Å². The van der Waals surface area contributed by atoms with E-state index >= 15 is 0 Å². The molecule has 94 valence electrons. The predicted octanol–water partition coefficient (Wildman–Crippen LogP) is 3.66. The lowest BCUT2D eigenvalue weighted by molar-refractivity contribution is 0.102. The van der Waals surface area contributed by atoms with E-state index in [9.17, 15) is 9.18 Å². The minimum absolute atomic E-state index is 0.288. The quantitative estimate of drug-likeness (QED) is 0.919. The Balaban J connectivity index is 2.11. The highest BCUT2D eigenvalue weighted by Gasteiger charge is 2.10. The van der Waals surface area contributed by atoms with Crippen LogP contribution in [0.3, 0.4) is 0 Å². The molecule has 0 saturated heterocycles. The average molecular weight is 264 g/mol. The van der Waals surface area contributed by atoms with Gasteiger partial charge in [0.15, 0.2) is 5.13 Å². The molecule has 5 heteroatoms. The molecule has 0 aliphatic heterocycles. The molecule has 2 aromatic rings. The SMILES string of the molecule is CC(C)c1csc(NC(=O)c2cccc(F)c2)n1. The molecule has 1 aromatic heterocycles. The fourth-order valence-electron chi connectivity index (χ4n) is 1.41. The first kappa shape index (κ1) is 12.7. The maximum atomic E-state index is 13.0. The summed E-state index contributed by atoms with van der Waals surface area (Å²) in [5.41, 5.74) is 1.23. The zero-order valence-electron chi connectivity index (χ0n) is 10.1. The monoisotopic (exact) mass is 264 g/mol. The van der Waals surface area contributed by atoms with Gasteiger partial charge in [0, 0.05) is 10.9 Å². The van der Waals surface area contributed by atoms with Gasteiger partial charge < -0.3 is 0 Å². The maximum Gasteiger partial charge on any atom is 0.257 e. The number of hydrogen-bond acceptors (Lipinski definition) is 3. The van der Waals surface area contributed by atoms with Gasteiger partial charge in [0.05, 0.1) is 5.69 Å². The van der Waals surface area contributed by atoms with E-state index < -0.39 is 5.82 Å². The van der Waals surface area contributed by atoms with Crippen molar-refractivity contribution >= 4 is 22.4 Å². The van der Waals surface area contributed by atoms with Crippen LogP contribution in [0, 0.1) is 5.82 Å². The third-order valence-corrected chi connectivity index (χ3v) is 3.20. The second kappa shape index (κ2) is 5.27. The molecule has 0 saturated carbocycles. The smallest absolute Gasteiger partial charge is 0.257 e. The van der Waals surface area contributed by atoms with E-state index in [1.165, 1.54) is 29.5 Å². The van der Waals surface area contributed by atoms with Crippen molar-refractivity contribution in [2.75, 3.05) is 5.32 Å². The second-order valence-corrected chi connectivity index (χ2v) is 5.05. The molecule has 1 heterocycles. The normalized spacial score (nSPS) is 10.7. The van der Waals surface area contributed by atoms with E-state index in [2.05, 4.69) is 10.3 Å². The van der Waals surface area contributed by atoms with Crippen LogP contribution in [0.15, 0.2) is 29.6 Å². The van der Waals surface area contributed by atoms with E-state index in [1.807, 2.05) is 19.2 Å². The van der Waals surface area contributed by atoms with Crippen LogP contribution in [0.5, 0.6) is 0 Å². The number of amides is 1. The fraction of sp³-hybridized carbons (Fsp3) is 0.231. The topological polar surface area (TPSA) is 42.0 Å². The fourth-order valence-corrected chi connectivity index (χ4v) is 2.27. The molecule has 0 atom stereocenters. The molecule has 1 amide bonds. The molecule has 1 aromatic carbocycles. The number of thiazole rings is 1. The maximum absolute atomic E-state index is 13.0. The Kier molecular flexibility index (Phi) is 3.72. The van der Waals surface area contributed by atoms with Crippen molar-refractivity contribution < 1.29 is 9.18 Å². The van der Waals surface area contributed by atoms with Gasteiger partial charge >= 0.3 is 0 Å². The number of nitrogens with zero attached hydrogens (tertiary/aromatic N) is 1. The van der Waals surface area contributed by atoms with E-state index in [0.29, 0.717) is 11.0 Å². The summed E-state index contributed by atoms with van der Waals surface area (Å²) < 4.78 is 13.0. The van der Waals surface area contributed by atoms with Crippen LogP contribution in [0.25, 0.3) is 0 Å². The highest BCUT2D eigenvalue weighted by molar-refractivity contribution is 7.14. The van der Waals surface area contributed by atoms with Crippen molar-refractivity contribution in [3.05, 3.63) is 46.7 Å². The lowest BCUT2D eigenvalue weighted by Gasteiger charge is -2.02. The Morgan fingerprint density at radius 2 is 2.22 bits per heavy atom. The summed E-state index contributed by atoms with van der Waals surface area (Å²) in [6.45, 7) is 4.07. The number of carbonyl (C=O) groups excluding carboxylic acids is 1. The number of halogens is 1. The summed E-state index contributed by atoms with van der Waals surface area (Å²) in [6.07, 6.45) is 0. The van der Waals surface area contributed by atoms with Gasteiger partial charge in [-0.1, -0.05) is 19.9 Å². The van der Waals surface area contributed by atoms with E-state index in [0.717, 1.165) is 5.69 Å². The molecule has 0 aliphatic rings. The molecule has 0 spiro atoms. The van der Waals surface area contributed by atoms with Crippen LogP contribution in [0.2, 0.25) is 0 Å². The van der Waals surface area contributed by atoms with Crippen molar-refractivity contribution in [2.24, 2.45) is 0 Å². The van der Waals surface area contributed by atoms with Crippen LogP contribution < -0.4 is 5.32 Å². The molecule has 3 nitrogen and oxygen atoms in total. The zero-order chi connectivity index (χ0) is 13.1. The molecule has 0 bridgehead atoms. The number of benzene rings is 1. The number of rotatable bonds is 3. The summed E-state index contributed by atoms with van der Waals surface area (Å²) in [5.74, 6) is -0.454. The third-order valence-electron chi connectivity index (χ3n) is 2.42. The number of aromatic nitrogens is 1. The van der Waals surface area contributed by atoms with Gasteiger partial charge in [-0.05, 0) is 24.1 Å². The lowest BCUT2D eigenvalue weighted by Crippen LogP contribution is -2.11. The first-order valence-corrected chi connectivity index (χ1v) is 6.46. The second-order valence-electron chi connectivity index (χ2n) is 4.20. The lowest BCUT2D eigenvalue weighted by atomic mass is 10.2. The van der Waals surface area contributed by atoms with Gasteiger partial charge in [-0.3, -0.25) is 10.1 Å². The largest absolute Gasteiger partial charge is 0.298 e. The first-order chi connectivity index (χ1) is 8.56. The molecular formula is C13H13FN2OS. The molecule has 0 unspecified atom stereocenters. The van der Waals surface area contributed by atoms with Crippen molar-refractivity contribution in [3.8, 4) is 0 Å². The number of nitrogens with one attached hydrogen (secondary N) is 1. The minimum atomic E-state index is -0.426. The molecule has 2 rings (SSSR count). The van der Waals surface area contributed by atoms with Gasteiger partial charge in [0.1, 0.15) is 5.82 Å². The summed E-state index contributed by atoms with van der Waals surface area (Å²) >= 11 is 1.37. The van der Waals surface area contributed by atoms with E-state index in [4.69, 9.17) is 0 Å². The molecule has 1 N–H and O–H groups in total. The van der Waals surface area contributed by atoms with Crippen LogP contribution in [0.1, 0.15) is 35.8 Å². The molecule has 0 aliphatic carbocycles. The summed E-state index contributed by atoms with van der Waals surface area (Å²) in [5, 5.41) is 5.11. The number of anilines is 1.